The Labute approximate surface area is 157 Å². The predicted molar refractivity (Wildman–Crippen MR) is 105 cm³/mol. The van der Waals surface area contributed by atoms with E-state index < -0.39 is 0 Å². The highest BCUT2D eigenvalue weighted by molar-refractivity contribution is 7.16. The first kappa shape index (κ1) is 18.2. The minimum atomic E-state index is -0.349. The molecule has 0 spiro atoms. The van der Waals surface area contributed by atoms with Crippen LogP contribution in [0.25, 0.3) is 10.2 Å². The Morgan fingerprint density at radius 3 is 2.58 bits per heavy atom. The number of amides is 1. The van der Waals surface area contributed by atoms with Gasteiger partial charge in [0.1, 0.15) is 0 Å². The van der Waals surface area contributed by atoms with Gasteiger partial charge in [-0.1, -0.05) is 17.3 Å². The fourth-order valence-corrected chi connectivity index (χ4v) is 4.02. The molecule has 134 valence electrons. The molecule has 0 fully saturated rings. The third-order valence-electron chi connectivity index (χ3n) is 4.38. The number of aryl methyl sites for hydroxylation is 3. The van der Waals surface area contributed by atoms with Crippen LogP contribution < -0.4 is 4.80 Å². The lowest BCUT2D eigenvalue weighted by Gasteiger charge is -2.06. The molecular formula is C20H22N4OS. The molecule has 0 radical (unpaired) electrons. The molecule has 0 aliphatic heterocycles. The Hall–Kier alpha value is -2.65. The predicted octanol–water partition coefficient (Wildman–Crippen LogP) is 3.78. The van der Waals surface area contributed by atoms with Gasteiger partial charge in [-0.25, -0.2) is 0 Å². The Bertz CT molecular complexity index is 1110. The molecule has 0 aliphatic carbocycles. The summed E-state index contributed by atoms with van der Waals surface area (Å²) in [5, 5.41) is 4.39. The summed E-state index contributed by atoms with van der Waals surface area (Å²) in [6.07, 6.45) is 5.54. The van der Waals surface area contributed by atoms with Crippen LogP contribution in [-0.4, -0.2) is 20.3 Å². The van der Waals surface area contributed by atoms with Crippen molar-refractivity contribution >= 4 is 27.5 Å². The summed E-state index contributed by atoms with van der Waals surface area (Å²) in [4.78, 5) is 17.6. The van der Waals surface area contributed by atoms with Gasteiger partial charge in [0.2, 0.25) is 0 Å². The third kappa shape index (κ3) is 3.23. The number of carbonyl (C=O) groups is 1. The number of benzene rings is 1. The zero-order valence-electron chi connectivity index (χ0n) is 15.7. The van der Waals surface area contributed by atoms with Crippen molar-refractivity contribution in [3.8, 4) is 12.3 Å². The lowest BCUT2D eigenvalue weighted by Crippen LogP contribution is -2.17. The van der Waals surface area contributed by atoms with E-state index >= 15 is 0 Å². The van der Waals surface area contributed by atoms with Crippen LogP contribution in [0.2, 0.25) is 0 Å². The summed E-state index contributed by atoms with van der Waals surface area (Å²) in [5.74, 6) is 2.31. The van der Waals surface area contributed by atoms with E-state index in [1.165, 1.54) is 22.5 Å². The van der Waals surface area contributed by atoms with Gasteiger partial charge in [-0.2, -0.15) is 10.1 Å². The molecule has 5 nitrogen and oxygen atoms in total. The number of hydrogen-bond acceptors (Lipinski definition) is 3. The molecule has 0 N–H and O–H groups in total. The van der Waals surface area contributed by atoms with Gasteiger partial charge < -0.3 is 4.57 Å². The fraction of sp³-hybridized carbons (Fsp3) is 0.350. The second-order valence-corrected chi connectivity index (χ2v) is 7.71. The number of thiazole rings is 1. The van der Waals surface area contributed by atoms with Crippen molar-refractivity contribution in [3.63, 3.8) is 0 Å². The van der Waals surface area contributed by atoms with E-state index in [9.17, 15) is 4.79 Å². The van der Waals surface area contributed by atoms with Crippen molar-refractivity contribution in [2.75, 3.05) is 0 Å². The summed E-state index contributed by atoms with van der Waals surface area (Å²) in [5.41, 5.74) is 4.69. The van der Waals surface area contributed by atoms with Gasteiger partial charge >= 0.3 is 0 Å². The summed E-state index contributed by atoms with van der Waals surface area (Å²) >= 11 is 1.47. The van der Waals surface area contributed by atoms with Crippen molar-refractivity contribution in [3.05, 3.63) is 45.5 Å². The molecule has 3 aromatic rings. The maximum Gasteiger partial charge on any atom is 0.300 e. The van der Waals surface area contributed by atoms with Gasteiger partial charge in [-0.15, -0.1) is 6.42 Å². The van der Waals surface area contributed by atoms with Gasteiger partial charge in [0.05, 0.1) is 16.8 Å². The quantitative estimate of drug-likeness (QED) is 0.663. The Balaban J connectivity index is 2.14. The molecule has 6 heteroatoms. The van der Waals surface area contributed by atoms with Crippen LogP contribution in [0, 0.1) is 33.1 Å². The Kier molecular flexibility index (Phi) is 4.84. The van der Waals surface area contributed by atoms with Crippen LogP contribution in [0.4, 0.5) is 0 Å². The lowest BCUT2D eigenvalue weighted by atomic mass is 10.1. The molecule has 2 aromatic heterocycles. The van der Waals surface area contributed by atoms with Gasteiger partial charge in [0.25, 0.3) is 5.91 Å². The van der Waals surface area contributed by atoms with Crippen LogP contribution in [0.5, 0.6) is 0 Å². The van der Waals surface area contributed by atoms with E-state index in [1.807, 2.05) is 30.0 Å². The van der Waals surface area contributed by atoms with Crippen LogP contribution in [0.3, 0.4) is 0 Å². The van der Waals surface area contributed by atoms with Gasteiger partial charge in [-0.3, -0.25) is 9.48 Å². The molecule has 0 aliphatic rings. The molecule has 3 rings (SSSR count). The molecule has 0 bridgehead atoms. The molecule has 26 heavy (non-hydrogen) atoms. The monoisotopic (exact) mass is 366 g/mol. The average Bonchev–Trinajstić information content (AvgIpc) is 3.10. The second-order valence-electron chi connectivity index (χ2n) is 6.71. The van der Waals surface area contributed by atoms with Crippen LogP contribution in [0.1, 0.15) is 47.2 Å². The Morgan fingerprint density at radius 1 is 1.27 bits per heavy atom. The Morgan fingerprint density at radius 2 is 1.96 bits per heavy atom. The number of aromatic nitrogens is 3. The second kappa shape index (κ2) is 6.93. The summed E-state index contributed by atoms with van der Waals surface area (Å²) < 4.78 is 4.81. The largest absolute Gasteiger partial charge is 0.305 e. The summed E-state index contributed by atoms with van der Waals surface area (Å²) in [6, 6.07) is 6.18. The molecule has 2 heterocycles. The molecule has 0 saturated carbocycles. The van der Waals surface area contributed by atoms with Crippen LogP contribution >= 0.6 is 11.3 Å². The minimum absolute atomic E-state index is 0.193. The van der Waals surface area contributed by atoms with E-state index in [4.69, 9.17) is 6.42 Å². The van der Waals surface area contributed by atoms with Gasteiger partial charge in [-0.05, 0) is 63.9 Å². The van der Waals surface area contributed by atoms with E-state index in [2.05, 4.69) is 42.0 Å². The number of hydrogen-bond donors (Lipinski definition) is 0. The number of fused-ring (bicyclic) bond motifs is 1. The SMILES string of the molecule is C#CCn1c(=NC(=O)c2cc(C)n(C(C)C)n2)sc2cc(C)c(C)cc21. The minimum Gasteiger partial charge on any atom is -0.305 e. The first-order valence-electron chi connectivity index (χ1n) is 8.51. The van der Waals surface area contributed by atoms with Crippen molar-refractivity contribution in [2.45, 2.75) is 47.2 Å². The molecule has 0 saturated heterocycles. The molecule has 0 atom stereocenters. The maximum absolute atomic E-state index is 12.7. The first-order valence-corrected chi connectivity index (χ1v) is 9.32. The molecule has 1 amide bonds. The lowest BCUT2D eigenvalue weighted by molar-refractivity contribution is 0.0992. The van der Waals surface area contributed by atoms with Crippen molar-refractivity contribution in [1.82, 2.24) is 14.3 Å². The fourth-order valence-electron chi connectivity index (χ4n) is 2.91. The van der Waals surface area contributed by atoms with Crippen LogP contribution in [0.15, 0.2) is 23.2 Å². The zero-order valence-corrected chi connectivity index (χ0v) is 16.5. The number of carbonyl (C=O) groups excluding carboxylic acids is 1. The van der Waals surface area contributed by atoms with Crippen LogP contribution in [-0.2, 0) is 6.54 Å². The zero-order chi connectivity index (χ0) is 19.0. The van der Waals surface area contributed by atoms with Gasteiger partial charge in [0, 0.05) is 11.7 Å². The average molecular weight is 366 g/mol. The number of terminal acetylenes is 1. The first-order chi connectivity index (χ1) is 12.3. The standard InChI is InChI=1S/C20H22N4OS/c1-7-8-23-17-9-13(4)14(5)10-18(17)26-20(23)21-19(25)16-11-15(6)24(22-16)12(2)3/h1,9-12H,8H2,2-6H3. The summed E-state index contributed by atoms with van der Waals surface area (Å²) in [6.45, 7) is 10.5. The maximum atomic E-state index is 12.7. The molecular weight excluding hydrogens is 344 g/mol. The van der Waals surface area contributed by atoms with E-state index in [1.54, 1.807) is 6.07 Å². The number of rotatable bonds is 3. The highest BCUT2D eigenvalue weighted by Gasteiger charge is 2.15. The summed E-state index contributed by atoms with van der Waals surface area (Å²) in [7, 11) is 0. The topological polar surface area (TPSA) is 52.2 Å². The third-order valence-corrected chi connectivity index (χ3v) is 5.42. The van der Waals surface area contributed by atoms with Crippen molar-refractivity contribution in [2.24, 2.45) is 4.99 Å². The molecule has 1 aromatic carbocycles. The highest BCUT2D eigenvalue weighted by Crippen LogP contribution is 2.22. The highest BCUT2D eigenvalue weighted by atomic mass is 32.1. The molecule has 0 unspecified atom stereocenters. The number of nitrogens with zero attached hydrogens (tertiary/aromatic N) is 4. The van der Waals surface area contributed by atoms with Crippen molar-refractivity contribution in [1.29, 1.82) is 0 Å². The van der Waals surface area contributed by atoms with Gasteiger partial charge in [0.15, 0.2) is 10.5 Å². The van der Waals surface area contributed by atoms with E-state index in [-0.39, 0.29) is 11.9 Å². The normalized spacial score (nSPS) is 12.1. The van der Waals surface area contributed by atoms with E-state index in [0.717, 1.165) is 15.9 Å². The smallest absolute Gasteiger partial charge is 0.300 e. The van der Waals surface area contributed by atoms with E-state index in [0.29, 0.717) is 17.0 Å². The van der Waals surface area contributed by atoms with Crippen molar-refractivity contribution < 1.29 is 4.79 Å².